The highest BCUT2D eigenvalue weighted by Gasteiger charge is 2.24. The van der Waals surface area contributed by atoms with Gasteiger partial charge in [0.05, 0.1) is 37.6 Å². The maximum absolute atomic E-state index is 12.5. The Morgan fingerprint density at radius 1 is 1.05 bits per heavy atom. The number of rotatable bonds is 5. The average Bonchev–Trinajstić information content (AvgIpc) is 2.90. The average molecular weight is 341 g/mol. The van der Waals surface area contributed by atoms with Crippen molar-refractivity contribution >= 4 is 21.7 Å². The van der Waals surface area contributed by atoms with Crippen LogP contribution in [0, 0.1) is 0 Å². The zero-order valence-corrected chi connectivity index (χ0v) is 12.8. The SMILES string of the molecule is COc1ccc(C(=O)c2occc2Br)c(OC)c1OC. The predicted molar refractivity (Wildman–Crippen MR) is 75.9 cm³/mol. The molecule has 1 aromatic carbocycles. The summed E-state index contributed by atoms with van der Waals surface area (Å²) in [6, 6.07) is 4.91. The molecule has 0 aliphatic rings. The predicted octanol–water partition coefficient (Wildman–Crippen LogP) is 3.30. The summed E-state index contributed by atoms with van der Waals surface area (Å²) in [5.74, 6) is 1.05. The Kier molecular flexibility index (Phi) is 4.34. The van der Waals surface area contributed by atoms with Gasteiger partial charge in [-0.15, -0.1) is 0 Å². The smallest absolute Gasteiger partial charge is 0.233 e. The van der Waals surface area contributed by atoms with Crippen LogP contribution in [0.25, 0.3) is 0 Å². The zero-order valence-electron chi connectivity index (χ0n) is 11.2. The van der Waals surface area contributed by atoms with Crippen LogP contribution in [0.4, 0.5) is 0 Å². The first-order chi connectivity index (χ1) is 9.63. The molecule has 0 N–H and O–H groups in total. The van der Waals surface area contributed by atoms with Gasteiger partial charge in [0.25, 0.3) is 0 Å². The van der Waals surface area contributed by atoms with Gasteiger partial charge in [0.2, 0.25) is 11.5 Å². The second-order valence-corrected chi connectivity index (χ2v) is 4.66. The summed E-state index contributed by atoms with van der Waals surface area (Å²) in [5.41, 5.74) is 0.334. The van der Waals surface area contributed by atoms with Crippen LogP contribution < -0.4 is 14.2 Å². The van der Waals surface area contributed by atoms with Gasteiger partial charge < -0.3 is 18.6 Å². The third-order valence-corrected chi connectivity index (χ3v) is 3.40. The lowest BCUT2D eigenvalue weighted by Gasteiger charge is -2.14. The third kappa shape index (κ3) is 2.38. The summed E-state index contributed by atoms with van der Waals surface area (Å²) >= 11 is 3.26. The maximum Gasteiger partial charge on any atom is 0.233 e. The van der Waals surface area contributed by atoms with Crippen molar-refractivity contribution in [2.24, 2.45) is 0 Å². The van der Waals surface area contributed by atoms with Gasteiger partial charge in [0.1, 0.15) is 0 Å². The molecular weight excluding hydrogens is 328 g/mol. The van der Waals surface area contributed by atoms with Crippen LogP contribution in [0.3, 0.4) is 0 Å². The molecule has 0 saturated heterocycles. The Balaban J connectivity index is 2.57. The van der Waals surface area contributed by atoms with Gasteiger partial charge in [-0.05, 0) is 34.1 Å². The van der Waals surface area contributed by atoms with Gasteiger partial charge in [-0.2, -0.15) is 0 Å². The quantitative estimate of drug-likeness (QED) is 0.781. The van der Waals surface area contributed by atoms with Crippen LogP contribution in [-0.2, 0) is 0 Å². The minimum Gasteiger partial charge on any atom is -0.493 e. The van der Waals surface area contributed by atoms with E-state index < -0.39 is 0 Å². The molecule has 0 radical (unpaired) electrons. The van der Waals surface area contributed by atoms with Gasteiger partial charge in [0, 0.05) is 0 Å². The van der Waals surface area contributed by atoms with Crippen LogP contribution in [0.5, 0.6) is 17.2 Å². The summed E-state index contributed by atoms with van der Waals surface area (Å²) in [4.78, 5) is 12.5. The van der Waals surface area contributed by atoms with Gasteiger partial charge in [0.15, 0.2) is 17.3 Å². The number of ether oxygens (including phenoxy) is 3. The topological polar surface area (TPSA) is 57.9 Å². The van der Waals surface area contributed by atoms with Crippen LogP contribution in [0.2, 0.25) is 0 Å². The molecule has 0 aliphatic carbocycles. The number of ketones is 1. The molecule has 106 valence electrons. The Morgan fingerprint density at radius 2 is 1.75 bits per heavy atom. The summed E-state index contributed by atoms with van der Waals surface area (Å²) in [6.45, 7) is 0. The Bertz CT molecular complexity index is 632. The first kappa shape index (κ1) is 14.5. The minimum atomic E-state index is -0.306. The highest BCUT2D eigenvalue weighted by molar-refractivity contribution is 9.10. The highest BCUT2D eigenvalue weighted by atomic mass is 79.9. The van der Waals surface area contributed by atoms with E-state index in [1.54, 1.807) is 18.2 Å². The lowest BCUT2D eigenvalue weighted by Crippen LogP contribution is -2.06. The van der Waals surface area contributed by atoms with Gasteiger partial charge >= 0.3 is 0 Å². The fraction of sp³-hybridized carbons (Fsp3) is 0.214. The van der Waals surface area contributed by atoms with Gasteiger partial charge in [-0.1, -0.05) is 0 Å². The molecule has 0 bridgehead atoms. The van der Waals surface area contributed by atoms with E-state index in [0.29, 0.717) is 27.3 Å². The van der Waals surface area contributed by atoms with Crippen molar-refractivity contribution in [2.45, 2.75) is 0 Å². The molecule has 0 atom stereocenters. The molecule has 6 heteroatoms. The molecule has 0 spiro atoms. The fourth-order valence-electron chi connectivity index (χ4n) is 1.86. The van der Waals surface area contributed by atoms with Crippen molar-refractivity contribution in [1.29, 1.82) is 0 Å². The number of hydrogen-bond acceptors (Lipinski definition) is 5. The van der Waals surface area contributed by atoms with Gasteiger partial charge in [-0.25, -0.2) is 0 Å². The van der Waals surface area contributed by atoms with Crippen LogP contribution in [-0.4, -0.2) is 27.1 Å². The molecule has 0 saturated carbocycles. The summed E-state index contributed by atoms with van der Waals surface area (Å²) in [6.07, 6.45) is 1.44. The largest absolute Gasteiger partial charge is 0.493 e. The number of hydrogen-bond donors (Lipinski definition) is 0. The second kappa shape index (κ2) is 6.00. The highest BCUT2D eigenvalue weighted by Crippen LogP contribution is 2.40. The van der Waals surface area contributed by atoms with E-state index in [2.05, 4.69) is 15.9 Å². The molecule has 0 amide bonds. The number of methoxy groups -OCH3 is 3. The molecule has 0 unspecified atom stereocenters. The molecule has 1 heterocycles. The van der Waals surface area contributed by atoms with Crippen LogP contribution in [0.1, 0.15) is 16.1 Å². The Hall–Kier alpha value is -1.95. The van der Waals surface area contributed by atoms with E-state index in [0.717, 1.165) is 0 Å². The molecule has 5 nitrogen and oxygen atoms in total. The second-order valence-electron chi connectivity index (χ2n) is 3.81. The van der Waals surface area contributed by atoms with E-state index in [1.165, 1.54) is 27.6 Å². The Labute approximate surface area is 124 Å². The van der Waals surface area contributed by atoms with E-state index in [1.807, 2.05) is 0 Å². The van der Waals surface area contributed by atoms with Crippen molar-refractivity contribution in [2.75, 3.05) is 21.3 Å². The lowest BCUT2D eigenvalue weighted by molar-refractivity contribution is 0.100. The normalized spacial score (nSPS) is 10.2. The standard InChI is InChI=1S/C14H13BrO5/c1-17-10-5-4-8(12(18-2)14(10)19-3)11(16)13-9(15)6-7-20-13/h4-7H,1-3H3. The van der Waals surface area contributed by atoms with E-state index >= 15 is 0 Å². The lowest BCUT2D eigenvalue weighted by atomic mass is 10.1. The minimum absolute atomic E-state index is 0.204. The van der Waals surface area contributed by atoms with E-state index in [9.17, 15) is 4.79 Å². The molecular formula is C14H13BrO5. The van der Waals surface area contributed by atoms with E-state index in [-0.39, 0.29) is 11.5 Å². The Morgan fingerprint density at radius 3 is 2.25 bits per heavy atom. The number of furan rings is 1. The number of carbonyl (C=O) groups excluding carboxylic acids is 1. The first-order valence-corrected chi connectivity index (χ1v) is 6.50. The number of halogens is 1. The maximum atomic E-state index is 12.5. The monoisotopic (exact) mass is 340 g/mol. The molecule has 0 fully saturated rings. The zero-order chi connectivity index (χ0) is 14.7. The number of benzene rings is 1. The van der Waals surface area contributed by atoms with Gasteiger partial charge in [-0.3, -0.25) is 4.79 Å². The fourth-order valence-corrected chi connectivity index (χ4v) is 2.24. The van der Waals surface area contributed by atoms with Crippen molar-refractivity contribution < 1.29 is 23.4 Å². The number of carbonyl (C=O) groups is 1. The molecule has 2 aromatic rings. The first-order valence-electron chi connectivity index (χ1n) is 5.70. The molecule has 1 aromatic heterocycles. The summed E-state index contributed by atoms with van der Waals surface area (Å²) in [7, 11) is 4.46. The molecule has 0 aliphatic heterocycles. The summed E-state index contributed by atoms with van der Waals surface area (Å²) in [5, 5.41) is 0. The van der Waals surface area contributed by atoms with Crippen LogP contribution >= 0.6 is 15.9 Å². The van der Waals surface area contributed by atoms with E-state index in [4.69, 9.17) is 18.6 Å². The van der Waals surface area contributed by atoms with Crippen molar-refractivity contribution in [3.05, 3.63) is 40.3 Å². The molecule has 20 heavy (non-hydrogen) atoms. The van der Waals surface area contributed by atoms with Crippen molar-refractivity contribution in [3.63, 3.8) is 0 Å². The van der Waals surface area contributed by atoms with Crippen molar-refractivity contribution in [1.82, 2.24) is 0 Å². The summed E-state index contributed by atoms with van der Waals surface area (Å²) < 4.78 is 21.5. The van der Waals surface area contributed by atoms with Crippen LogP contribution in [0.15, 0.2) is 33.4 Å². The van der Waals surface area contributed by atoms with Crippen molar-refractivity contribution in [3.8, 4) is 17.2 Å². The molecule has 2 rings (SSSR count). The third-order valence-electron chi connectivity index (χ3n) is 2.77.